The van der Waals surface area contributed by atoms with E-state index in [4.69, 9.17) is 4.74 Å². The lowest BCUT2D eigenvalue weighted by molar-refractivity contribution is -0.385. The number of hydrogen-bond donors (Lipinski definition) is 1. The Balaban J connectivity index is 1.83. The molecule has 0 aromatic heterocycles. The molecule has 1 fully saturated rings. The van der Waals surface area contributed by atoms with Gasteiger partial charge in [-0.3, -0.25) is 10.1 Å². The van der Waals surface area contributed by atoms with Gasteiger partial charge in [0.2, 0.25) is 0 Å². The Morgan fingerprint density at radius 3 is 2.84 bits per heavy atom. The molecule has 0 saturated heterocycles. The van der Waals surface area contributed by atoms with Crippen molar-refractivity contribution in [1.82, 2.24) is 5.32 Å². The van der Waals surface area contributed by atoms with E-state index in [-0.39, 0.29) is 10.6 Å². The SMILES string of the molecule is COc1cc(CNCCCC2CC2)cc([N+](=O)[O-])c1. The molecule has 0 radical (unpaired) electrons. The summed E-state index contributed by atoms with van der Waals surface area (Å²) in [6, 6.07) is 4.87. The average Bonchev–Trinajstić information content (AvgIpc) is 3.22. The molecule has 1 aliphatic rings. The molecule has 0 bridgehead atoms. The first-order chi connectivity index (χ1) is 9.19. The highest BCUT2D eigenvalue weighted by atomic mass is 16.6. The fourth-order valence-electron chi connectivity index (χ4n) is 2.12. The summed E-state index contributed by atoms with van der Waals surface area (Å²) in [4.78, 5) is 10.4. The summed E-state index contributed by atoms with van der Waals surface area (Å²) >= 11 is 0. The molecular formula is C14H20N2O3. The molecule has 1 N–H and O–H groups in total. The zero-order valence-corrected chi connectivity index (χ0v) is 11.2. The van der Waals surface area contributed by atoms with Crippen LogP contribution in [0.15, 0.2) is 18.2 Å². The normalized spacial score (nSPS) is 14.4. The molecule has 0 aliphatic heterocycles. The molecule has 5 heteroatoms. The van der Waals surface area contributed by atoms with Gasteiger partial charge >= 0.3 is 0 Å². The number of rotatable bonds is 8. The van der Waals surface area contributed by atoms with Gasteiger partial charge in [-0.1, -0.05) is 12.8 Å². The van der Waals surface area contributed by atoms with E-state index in [0.29, 0.717) is 12.3 Å². The second-order valence-corrected chi connectivity index (χ2v) is 5.06. The summed E-state index contributed by atoms with van der Waals surface area (Å²) in [5.74, 6) is 1.49. The van der Waals surface area contributed by atoms with Gasteiger partial charge in [0.25, 0.3) is 5.69 Å². The summed E-state index contributed by atoms with van der Waals surface area (Å²) in [5.41, 5.74) is 0.964. The molecule has 5 nitrogen and oxygen atoms in total. The molecule has 104 valence electrons. The van der Waals surface area contributed by atoms with Crippen molar-refractivity contribution < 1.29 is 9.66 Å². The molecule has 0 unspecified atom stereocenters. The van der Waals surface area contributed by atoms with Crippen LogP contribution in [-0.4, -0.2) is 18.6 Å². The molecule has 1 aromatic carbocycles. The third-order valence-corrected chi connectivity index (χ3v) is 3.39. The molecule has 19 heavy (non-hydrogen) atoms. The molecule has 0 amide bonds. The Kier molecular flexibility index (Phi) is 4.74. The van der Waals surface area contributed by atoms with Crippen LogP contribution in [0.4, 0.5) is 5.69 Å². The van der Waals surface area contributed by atoms with E-state index in [9.17, 15) is 10.1 Å². The van der Waals surface area contributed by atoms with Crippen LogP contribution in [0.1, 0.15) is 31.2 Å². The number of benzene rings is 1. The minimum atomic E-state index is -0.390. The number of non-ortho nitro benzene ring substituents is 1. The maximum atomic E-state index is 10.8. The van der Waals surface area contributed by atoms with E-state index in [1.54, 1.807) is 6.07 Å². The first kappa shape index (κ1) is 13.8. The number of hydrogen-bond acceptors (Lipinski definition) is 4. The van der Waals surface area contributed by atoms with Crippen molar-refractivity contribution in [3.8, 4) is 5.75 Å². The van der Waals surface area contributed by atoms with Crippen LogP contribution in [0, 0.1) is 16.0 Å². The molecule has 0 heterocycles. The number of nitrogens with zero attached hydrogens (tertiary/aromatic N) is 1. The summed E-state index contributed by atoms with van der Waals surface area (Å²) < 4.78 is 5.08. The molecular weight excluding hydrogens is 244 g/mol. The first-order valence-corrected chi connectivity index (χ1v) is 6.72. The van der Waals surface area contributed by atoms with Gasteiger partial charge in [0.05, 0.1) is 18.1 Å². The zero-order chi connectivity index (χ0) is 13.7. The Hall–Kier alpha value is -1.62. The fraction of sp³-hybridized carbons (Fsp3) is 0.571. The van der Waals surface area contributed by atoms with Gasteiger partial charge in [-0.15, -0.1) is 0 Å². The van der Waals surface area contributed by atoms with Crippen LogP contribution in [0.2, 0.25) is 0 Å². The minimum Gasteiger partial charge on any atom is -0.496 e. The van der Waals surface area contributed by atoms with Gasteiger partial charge < -0.3 is 10.1 Å². The standard InChI is InChI=1S/C14H20N2O3/c1-19-14-8-12(7-13(9-14)16(17)18)10-15-6-2-3-11-4-5-11/h7-9,11,15H,2-6,10H2,1H3. The van der Waals surface area contributed by atoms with Crippen molar-refractivity contribution >= 4 is 5.69 Å². The Bertz CT molecular complexity index is 444. The first-order valence-electron chi connectivity index (χ1n) is 6.72. The van der Waals surface area contributed by atoms with E-state index in [1.165, 1.54) is 38.9 Å². The molecule has 1 aliphatic carbocycles. The van der Waals surface area contributed by atoms with Gasteiger partial charge in [-0.2, -0.15) is 0 Å². The monoisotopic (exact) mass is 264 g/mol. The Labute approximate surface area is 113 Å². The van der Waals surface area contributed by atoms with E-state index in [2.05, 4.69) is 5.32 Å². The van der Waals surface area contributed by atoms with E-state index in [0.717, 1.165) is 18.0 Å². The highest BCUT2D eigenvalue weighted by Gasteiger charge is 2.19. The van der Waals surface area contributed by atoms with Crippen molar-refractivity contribution in [2.24, 2.45) is 5.92 Å². The maximum Gasteiger partial charge on any atom is 0.273 e. The van der Waals surface area contributed by atoms with Gasteiger partial charge in [-0.05, 0) is 36.9 Å². The van der Waals surface area contributed by atoms with Crippen LogP contribution in [-0.2, 0) is 6.54 Å². The highest BCUT2D eigenvalue weighted by Crippen LogP contribution is 2.33. The third-order valence-electron chi connectivity index (χ3n) is 3.39. The van der Waals surface area contributed by atoms with E-state index >= 15 is 0 Å². The van der Waals surface area contributed by atoms with Crippen LogP contribution in [0.5, 0.6) is 5.75 Å². The van der Waals surface area contributed by atoms with Crippen LogP contribution in [0.25, 0.3) is 0 Å². The number of ether oxygens (including phenoxy) is 1. The maximum absolute atomic E-state index is 10.8. The Morgan fingerprint density at radius 1 is 1.42 bits per heavy atom. The highest BCUT2D eigenvalue weighted by molar-refractivity contribution is 5.42. The molecule has 1 saturated carbocycles. The minimum absolute atomic E-state index is 0.0779. The summed E-state index contributed by atoms with van der Waals surface area (Å²) in [7, 11) is 1.52. The van der Waals surface area contributed by atoms with Gasteiger partial charge in [0.15, 0.2) is 0 Å². The Morgan fingerprint density at radius 2 is 2.21 bits per heavy atom. The van der Waals surface area contributed by atoms with Crippen LogP contribution in [0.3, 0.4) is 0 Å². The van der Waals surface area contributed by atoms with Gasteiger partial charge in [0, 0.05) is 12.6 Å². The van der Waals surface area contributed by atoms with Gasteiger partial charge in [-0.25, -0.2) is 0 Å². The summed E-state index contributed by atoms with van der Waals surface area (Å²) in [6.45, 7) is 1.60. The van der Waals surface area contributed by atoms with Crippen molar-refractivity contribution in [2.45, 2.75) is 32.2 Å². The lowest BCUT2D eigenvalue weighted by atomic mass is 10.1. The predicted octanol–water partition coefficient (Wildman–Crippen LogP) is 2.88. The molecule has 0 spiro atoms. The van der Waals surface area contributed by atoms with Gasteiger partial charge in [0.1, 0.15) is 5.75 Å². The lowest BCUT2D eigenvalue weighted by Crippen LogP contribution is -2.15. The largest absolute Gasteiger partial charge is 0.496 e. The smallest absolute Gasteiger partial charge is 0.273 e. The molecule has 0 atom stereocenters. The number of nitro benzene ring substituents is 1. The topological polar surface area (TPSA) is 64.4 Å². The third kappa shape index (κ3) is 4.52. The number of nitro groups is 1. The summed E-state index contributed by atoms with van der Waals surface area (Å²) in [6.07, 6.45) is 5.26. The molecule has 1 aromatic rings. The van der Waals surface area contributed by atoms with Crippen molar-refractivity contribution in [2.75, 3.05) is 13.7 Å². The van der Waals surface area contributed by atoms with Crippen LogP contribution >= 0.6 is 0 Å². The van der Waals surface area contributed by atoms with E-state index in [1.807, 2.05) is 6.07 Å². The lowest BCUT2D eigenvalue weighted by Gasteiger charge is -2.07. The van der Waals surface area contributed by atoms with Crippen molar-refractivity contribution in [1.29, 1.82) is 0 Å². The zero-order valence-electron chi connectivity index (χ0n) is 11.2. The second kappa shape index (κ2) is 6.52. The number of methoxy groups -OCH3 is 1. The van der Waals surface area contributed by atoms with Crippen LogP contribution < -0.4 is 10.1 Å². The van der Waals surface area contributed by atoms with E-state index < -0.39 is 0 Å². The molecule has 2 rings (SSSR count). The van der Waals surface area contributed by atoms with Crippen molar-refractivity contribution in [3.05, 3.63) is 33.9 Å². The summed E-state index contributed by atoms with van der Waals surface area (Å²) in [5, 5.41) is 14.1. The number of nitrogens with one attached hydrogen (secondary N) is 1. The quantitative estimate of drug-likeness (QED) is 0.445. The fourth-order valence-corrected chi connectivity index (χ4v) is 2.12. The second-order valence-electron chi connectivity index (χ2n) is 5.06. The predicted molar refractivity (Wildman–Crippen MR) is 73.3 cm³/mol. The van der Waals surface area contributed by atoms with Crippen molar-refractivity contribution in [3.63, 3.8) is 0 Å². The average molecular weight is 264 g/mol.